The quantitative estimate of drug-likeness (QED) is 0.492. The predicted molar refractivity (Wildman–Crippen MR) is 109 cm³/mol. The predicted octanol–water partition coefficient (Wildman–Crippen LogP) is 2.29. The van der Waals surface area contributed by atoms with Gasteiger partial charge in [-0.25, -0.2) is 8.78 Å². The minimum atomic E-state index is -2.34. The van der Waals surface area contributed by atoms with E-state index < -0.39 is 40.6 Å². The number of benzene rings is 2. The number of aliphatic hydroxyl groups is 1. The van der Waals surface area contributed by atoms with Gasteiger partial charge < -0.3 is 20.6 Å². The van der Waals surface area contributed by atoms with Crippen molar-refractivity contribution in [1.82, 2.24) is 5.32 Å². The number of fused-ring (bicyclic) bond motifs is 1. The zero-order chi connectivity index (χ0) is 22.3. The molecule has 2 aromatic carbocycles. The van der Waals surface area contributed by atoms with E-state index in [-0.39, 0.29) is 24.4 Å². The van der Waals surface area contributed by atoms with Crippen LogP contribution in [0.25, 0.3) is 0 Å². The van der Waals surface area contributed by atoms with Crippen molar-refractivity contribution in [3.8, 4) is 0 Å². The standard InChI is InChI=1S/C21H18ClF2N3O4/c22-15-9-13(23)7-12(18(15)24)10-25-19(29)21(31)5-6-27(20(21)30)14-2-3-16-11(8-14)1-4-17(28)26-16/h2-3,7-9,31H,1,4-6,10H2,(H,25,29)(H,26,28). The number of nitrogens with zero attached hydrogens (tertiary/aromatic N) is 1. The molecule has 1 atom stereocenters. The number of hydrogen-bond donors (Lipinski definition) is 3. The molecule has 0 aromatic heterocycles. The lowest BCUT2D eigenvalue weighted by Gasteiger charge is -2.24. The molecule has 0 spiro atoms. The third kappa shape index (κ3) is 3.86. The number of hydrogen-bond acceptors (Lipinski definition) is 4. The van der Waals surface area contributed by atoms with Crippen molar-refractivity contribution in [2.45, 2.75) is 31.4 Å². The first-order valence-electron chi connectivity index (χ1n) is 9.58. The number of anilines is 2. The molecule has 0 bridgehead atoms. The van der Waals surface area contributed by atoms with Gasteiger partial charge in [0.25, 0.3) is 11.8 Å². The highest BCUT2D eigenvalue weighted by molar-refractivity contribution is 6.30. The lowest BCUT2D eigenvalue weighted by atomic mass is 10.0. The number of amides is 3. The Hall–Kier alpha value is -3.04. The zero-order valence-corrected chi connectivity index (χ0v) is 16.9. The smallest absolute Gasteiger partial charge is 0.268 e. The number of aryl methyl sites for hydroxylation is 1. The first kappa shape index (κ1) is 21.2. The third-order valence-corrected chi connectivity index (χ3v) is 5.75. The molecule has 2 aliphatic heterocycles. The van der Waals surface area contributed by atoms with Gasteiger partial charge in [-0.3, -0.25) is 14.4 Å². The molecule has 1 saturated heterocycles. The summed E-state index contributed by atoms with van der Waals surface area (Å²) in [5, 5.41) is 15.3. The van der Waals surface area contributed by atoms with Crippen molar-refractivity contribution in [2.24, 2.45) is 0 Å². The summed E-state index contributed by atoms with van der Waals surface area (Å²) in [5.74, 6) is -3.58. The second-order valence-electron chi connectivity index (χ2n) is 7.50. The SMILES string of the molecule is O=C1CCc2cc(N3CCC(O)(C(=O)NCc4cc(F)cc(Cl)c4F)C3=O)ccc2N1. The summed E-state index contributed by atoms with van der Waals surface area (Å²) in [5.41, 5.74) is -0.538. The molecule has 3 N–H and O–H groups in total. The highest BCUT2D eigenvalue weighted by atomic mass is 35.5. The highest BCUT2D eigenvalue weighted by Gasteiger charge is 2.51. The fourth-order valence-electron chi connectivity index (χ4n) is 3.76. The van der Waals surface area contributed by atoms with Crippen LogP contribution in [0.3, 0.4) is 0 Å². The maximum absolute atomic E-state index is 14.0. The van der Waals surface area contributed by atoms with Crippen LogP contribution in [-0.2, 0) is 27.3 Å². The zero-order valence-electron chi connectivity index (χ0n) is 16.2. The van der Waals surface area contributed by atoms with Gasteiger partial charge in [0, 0.05) is 42.9 Å². The molecule has 31 heavy (non-hydrogen) atoms. The highest BCUT2D eigenvalue weighted by Crippen LogP contribution is 2.33. The van der Waals surface area contributed by atoms with E-state index in [0.717, 1.165) is 17.7 Å². The van der Waals surface area contributed by atoms with Crippen LogP contribution < -0.4 is 15.5 Å². The summed E-state index contributed by atoms with van der Waals surface area (Å²) in [6.45, 7) is -0.357. The summed E-state index contributed by atoms with van der Waals surface area (Å²) >= 11 is 5.60. The molecule has 162 valence electrons. The van der Waals surface area contributed by atoms with Crippen molar-refractivity contribution < 1.29 is 28.3 Å². The molecular formula is C21H18ClF2N3O4. The van der Waals surface area contributed by atoms with Gasteiger partial charge >= 0.3 is 0 Å². The molecule has 1 fully saturated rings. The molecule has 7 nitrogen and oxygen atoms in total. The summed E-state index contributed by atoms with van der Waals surface area (Å²) < 4.78 is 27.5. The van der Waals surface area contributed by atoms with Crippen LogP contribution in [0.2, 0.25) is 5.02 Å². The van der Waals surface area contributed by atoms with E-state index in [4.69, 9.17) is 11.6 Å². The number of carbonyl (C=O) groups excluding carboxylic acids is 3. The van der Waals surface area contributed by atoms with Gasteiger partial charge in [-0.15, -0.1) is 0 Å². The summed E-state index contributed by atoms with van der Waals surface area (Å²) in [6, 6.07) is 6.71. The van der Waals surface area contributed by atoms with Crippen LogP contribution >= 0.6 is 11.6 Å². The second kappa shape index (κ2) is 7.90. The molecule has 0 saturated carbocycles. The summed E-state index contributed by atoms with van der Waals surface area (Å²) in [7, 11) is 0. The molecule has 4 rings (SSSR count). The average Bonchev–Trinajstić information content (AvgIpc) is 3.04. The van der Waals surface area contributed by atoms with Gasteiger partial charge in [0.15, 0.2) is 0 Å². The van der Waals surface area contributed by atoms with Crippen molar-refractivity contribution in [3.63, 3.8) is 0 Å². The average molecular weight is 450 g/mol. The Labute approximate surface area is 181 Å². The fourth-order valence-corrected chi connectivity index (χ4v) is 3.99. The van der Waals surface area contributed by atoms with E-state index in [1.54, 1.807) is 18.2 Å². The van der Waals surface area contributed by atoms with E-state index >= 15 is 0 Å². The van der Waals surface area contributed by atoms with Crippen LogP contribution in [0.4, 0.5) is 20.2 Å². The lowest BCUT2D eigenvalue weighted by Crippen LogP contribution is -2.52. The van der Waals surface area contributed by atoms with Crippen LogP contribution in [0.15, 0.2) is 30.3 Å². The van der Waals surface area contributed by atoms with Gasteiger partial charge in [0.2, 0.25) is 11.5 Å². The third-order valence-electron chi connectivity index (χ3n) is 5.48. The normalized spacial score (nSPS) is 20.5. The Bertz CT molecular complexity index is 1110. The van der Waals surface area contributed by atoms with Crippen molar-refractivity contribution in [1.29, 1.82) is 0 Å². The molecular weight excluding hydrogens is 432 g/mol. The number of halogens is 3. The number of rotatable bonds is 4. The number of carbonyl (C=O) groups is 3. The van der Waals surface area contributed by atoms with Crippen LogP contribution in [0.5, 0.6) is 0 Å². The van der Waals surface area contributed by atoms with Gasteiger partial charge in [-0.1, -0.05) is 11.6 Å². The van der Waals surface area contributed by atoms with Gasteiger partial charge in [0.1, 0.15) is 11.6 Å². The van der Waals surface area contributed by atoms with Crippen LogP contribution in [0, 0.1) is 11.6 Å². The Balaban J connectivity index is 1.48. The molecule has 3 amide bonds. The minimum Gasteiger partial charge on any atom is -0.372 e. The largest absolute Gasteiger partial charge is 0.372 e. The molecule has 1 unspecified atom stereocenters. The Kier molecular flexibility index (Phi) is 5.40. The molecule has 0 aliphatic carbocycles. The van der Waals surface area contributed by atoms with E-state index in [1.165, 1.54) is 4.90 Å². The van der Waals surface area contributed by atoms with Crippen molar-refractivity contribution >= 4 is 40.7 Å². The second-order valence-corrected chi connectivity index (χ2v) is 7.91. The first-order chi connectivity index (χ1) is 14.7. The van der Waals surface area contributed by atoms with Crippen molar-refractivity contribution in [2.75, 3.05) is 16.8 Å². The Morgan fingerprint density at radius 1 is 1.23 bits per heavy atom. The van der Waals surface area contributed by atoms with Crippen LogP contribution in [0.1, 0.15) is 24.0 Å². The van der Waals surface area contributed by atoms with E-state index in [0.29, 0.717) is 24.2 Å². The fraction of sp³-hybridized carbons (Fsp3) is 0.286. The van der Waals surface area contributed by atoms with Crippen LogP contribution in [-0.4, -0.2) is 35.0 Å². The molecule has 0 radical (unpaired) electrons. The summed E-state index contributed by atoms with van der Waals surface area (Å²) in [6.07, 6.45) is 0.679. The van der Waals surface area contributed by atoms with E-state index in [2.05, 4.69) is 10.6 Å². The van der Waals surface area contributed by atoms with Gasteiger partial charge in [-0.2, -0.15) is 0 Å². The molecule has 2 aliphatic rings. The van der Waals surface area contributed by atoms with Gasteiger partial charge in [-0.05, 0) is 42.3 Å². The summed E-state index contributed by atoms with van der Waals surface area (Å²) in [4.78, 5) is 38.2. The molecule has 2 heterocycles. The molecule has 10 heteroatoms. The van der Waals surface area contributed by atoms with Gasteiger partial charge in [0.05, 0.1) is 5.02 Å². The van der Waals surface area contributed by atoms with E-state index in [1.807, 2.05) is 0 Å². The lowest BCUT2D eigenvalue weighted by molar-refractivity contribution is -0.149. The maximum Gasteiger partial charge on any atom is 0.268 e. The maximum atomic E-state index is 14.0. The minimum absolute atomic E-state index is 0.0837. The first-order valence-corrected chi connectivity index (χ1v) is 9.95. The Morgan fingerprint density at radius 2 is 2.00 bits per heavy atom. The Morgan fingerprint density at radius 3 is 2.77 bits per heavy atom. The van der Waals surface area contributed by atoms with E-state index in [9.17, 15) is 28.3 Å². The molecule has 2 aromatic rings. The monoisotopic (exact) mass is 449 g/mol. The topological polar surface area (TPSA) is 98.7 Å². The number of nitrogens with one attached hydrogen (secondary N) is 2. The van der Waals surface area contributed by atoms with Crippen molar-refractivity contribution in [3.05, 3.63) is 58.1 Å².